The molecule has 2 N–H and O–H groups in total. The van der Waals surface area contributed by atoms with Crippen molar-refractivity contribution in [2.75, 3.05) is 19.6 Å². The minimum Gasteiger partial charge on any atom is -0.445 e. The first kappa shape index (κ1) is 32.6. The van der Waals surface area contributed by atoms with Gasteiger partial charge in [-0.1, -0.05) is 45.0 Å². The van der Waals surface area contributed by atoms with Gasteiger partial charge >= 0.3 is 12.2 Å². The van der Waals surface area contributed by atoms with Crippen LogP contribution in [0.4, 0.5) is 9.59 Å². The second kappa shape index (κ2) is 12.6. The average Bonchev–Trinajstić information content (AvgIpc) is 3.35. The van der Waals surface area contributed by atoms with Crippen molar-refractivity contribution in [3.63, 3.8) is 0 Å². The van der Waals surface area contributed by atoms with Gasteiger partial charge in [0.1, 0.15) is 12.2 Å². The summed E-state index contributed by atoms with van der Waals surface area (Å²) in [7, 11) is 0. The van der Waals surface area contributed by atoms with Crippen molar-refractivity contribution in [1.82, 2.24) is 20.4 Å². The van der Waals surface area contributed by atoms with E-state index in [1.54, 1.807) is 62.4 Å². The number of benzene rings is 2. The molecule has 2 heterocycles. The Hall–Kier alpha value is -4.74. The second-order valence-electron chi connectivity index (χ2n) is 13.7. The van der Waals surface area contributed by atoms with Gasteiger partial charge in [0.05, 0.1) is 35.3 Å². The van der Waals surface area contributed by atoms with Crippen molar-refractivity contribution in [3.8, 4) is 0 Å². The Labute approximate surface area is 267 Å². The molecule has 46 heavy (non-hydrogen) atoms. The number of imide groups is 2. The Morgan fingerprint density at radius 2 is 1.15 bits per heavy atom. The van der Waals surface area contributed by atoms with E-state index in [4.69, 9.17) is 9.47 Å². The number of nitrogens with one attached hydrogen (secondary N) is 2. The van der Waals surface area contributed by atoms with Gasteiger partial charge in [0.15, 0.2) is 0 Å². The molecule has 1 aliphatic carbocycles. The van der Waals surface area contributed by atoms with Crippen molar-refractivity contribution in [2.24, 2.45) is 10.8 Å². The summed E-state index contributed by atoms with van der Waals surface area (Å²) in [6, 6.07) is 12.9. The molecular weight excluding hydrogens is 592 g/mol. The maximum absolute atomic E-state index is 12.9. The molecule has 4 unspecified atom stereocenters. The van der Waals surface area contributed by atoms with Gasteiger partial charge in [0.25, 0.3) is 23.6 Å². The number of carbonyl (C=O) groups is 6. The Kier molecular flexibility index (Phi) is 8.92. The van der Waals surface area contributed by atoms with Crippen LogP contribution >= 0.6 is 0 Å². The highest BCUT2D eigenvalue weighted by atomic mass is 16.6. The zero-order chi connectivity index (χ0) is 33.4. The summed E-state index contributed by atoms with van der Waals surface area (Å²) in [5.74, 6) is -1.65. The van der Waals surface area contributed by atoms with Crippen LogP contribution in [-0.2, 0) is 9.47 Å². The molecular formula is C34H40N4O8. The molecule has 0 bridgehead atoms. The number of ether oxygens (including phenoxy) is 2. The number of amides is 6. The largest absolute Gasteiger partial charge is 0.445 e. The predicted octanol–water partition coefficient (Wildman–Crippen LogP) is 4.39. The lowest BCUT2D eigenvalue weighted by molar-refractivity contribution is 0.0400. The summed E-state index contributed by atoms with van der Waals surface area (Å²) in [5, 5.41) is 5.76. The Balaban J connectivity index is 1.09. The number of carbonyl (C=O) groups excluding carboxylic acids is 6. The quantitative estimate of drug-likeness (QED) is 0.386. The van der Waals surface area contributed by atoms with E-state index in [1.807, 2.05) is 6.92 Å². The number of nitrogens with zero attached hydrogens (tertiary/aromatic N) is 2. The lowest BCUT2D eigenvalue weighted by Gasteiger charge is -2.46. The van der Waals surface area contributed by atoms with E-state index in [-0.39, 0.29) is 31.1 Å². The smallest absolute Gasteiger partial charge is 0.407 e. The van der Waals surface area contributed by atoms with Crippen molar-refractivity contribution in [1.29, 1.82) is 0 Å². The molecule has 1 saturated carbocycles. The summed E-state index contributed by atoms with van der Waals surface area (Å²) in [6.07, 6.45) is -0.764. The van der Waals surface area contributed by atoms with Gasteiger partial charge < -0.3 is 20.1 Å². The number of hydrogen-bond donors (Lipinski definition) is 2. The fourth-order valence-electron chi connectivity index (χ4n) is 7.16. The van der Waals surface area contributed by atoms with Crippen LogP contribution in [0.1, 0.15) is 95.3 Å². The molecule has 0 spiro atoms. The van der Waals surface area contributed by atoms with E-state index in [9.17, 15) is 28.8 Å². The van der Waals surface area contributed by atoms with Crippen LogP contribution in [0.25, 0.3) is 0 Å². The molecule has 244 valence electrons. The van der Waals surface area contributed by atoms with Crippen LogP contribution in [-0.4, -0.2) is 83.5 Å². The summed E-state index contributed by atoms with van der Waals surface area (Å²) < 4.78 is 11.0. The molecule has 2 aliphatic heterocycles. The fourth-order valence-corrected chi connectivity index (χ4v) is 7.16. The normalized spacial score (nSPS) is 23.0. The minimum atomic E-state index is -0.732. The van der Waals surface area contributed by atoms with E-state index in [0.29, 0.717) is 35.1 Å². The molecule has 0 saturated heterocycles. The molecule has 3 aliphatic rings. The third-order valence-corrected chi connectivity index (χ3v) is 8.68. The Bertz CT molecular complexity index is 1520. The molecule has 2 aromatic carbocycles. The van der Waals surface area contributed by atoms with E-state index in [1.165, 1.54) is 0 Å². The van der Waals surface area contributed by atoms with Crippen molar-refractivity contribution in [2.45, 2.75) is 72.1 Å². The van der Waals surface area contributed by atoms with Crippen molar-refractivity contribution >= 4 is 35.8 Å². The van der Waals surface area contributed by atoms with Crippen molar-refractivity contribution < 1.29 is 38.2 Å². The van der Waals surface area contributed by atoms with Gasteiger partial charge in [-0.2, -0.15) is 0 Å². The lowest BCUT2D eigenvalue weighted by atomic mass is 9.62. The van der Waals surface area contributed by atoms with Gasteiger partial charge in [-0.25, -0.2) is 9.59 Å². The van der Waals surface area contributed by atoms with Crippen LogP contribution in [0, 0.1) is 10.8 Å². The number of hydrogen-bond acceptors (Lipinski definition) is 8. The molecule has 0 aromatic heterocycles. The van der Waals surface area contributed by atoms with E-state index in [0.717, 1.165) is 16.2 Å². The third kappa shape index (κ3) is 6.90. The van der Waals surface area contributed by atoms with Gasteiger partial charge in [-0.15, -0.1) is 0 Å². The highest BCUT2D eigenvalue weighted by molar-refractivity contribution is 6.22. The summed E-state index contributed by atoms with van der Waals surface area (Å²) in [4.78, 5) is 78.5. The average molecular weight is 633 g/mol. The van der Waals surface area contributed by atoms with E-state index < -0.39 is 53.4 Å². The van der Waals surface area contributed by atoms with Crippen LogP contribution in [0.2, 0.25) is 0 Å². The Morgan fingerprint density at radius 3 is 1.59 bits per heavy atom. The van der Waals surface area contributed by atoms with Crippen LogP contribution in [0.3, 0.4) is 0 Å². The number of rotatable bonds is 9. The lowest BCUT2D eigenvalue weighted by Crippen LogP contribution is -2.51. The highest BCUT2D eigenvalue weighted by Gasteiger charge is 2.43. The molecule has 2 aromatic rings. The van der Waals surface area contributed by atoms with E-state index >= 15 is 0 Å². The SMILES string of the molecule is CC(CN1C(=O)c2ccccc2C1=O)OC(=O)NCC1(C)CC(NC(=O)OC(C)CN2C(=O)c3ccccc3C2=O)CC(C)(C)C1. The molecule has 0 radical (unpaired) electrons. The maximum atomic E-state index is 12.9. The zero-order valence-corrected chi connectivity index (χ0v) is 26.8. The standard InChI is InChI=1S/C34H40N4O8/c1-20(16-37-27(39)23-10-6-7-11-24(23)28(37)40)45-31(43)35-19-34(5)15-22(14-33(3,4)18-34)36-32(44)46-21(2)17-38-29(41)25-12-8-9-13-26(25)30(38)42/h6-13,20-22H,14-19H2,1-5H3,(H,35,43)(H,36,44). The summed E-state index contributed by atoms with van der Waals surface area (Å²) >= 11 is 0. The summed E-state index contributed by atoms with van der Waals surface area (Å²) in [6.45, 7) is 9.61. The molecule has 1 fully saturated rings. The summed E-state index contributed by atoms with van der Waals surface area (Å²) in [5.41, 5.74) is 0.782. The first-order chi connectivity index (χ1) is 21.7. The van der Waals surface area contributed by atoms with Crippen LogP contribution in [0.15, 0.2) is 48.5 Å². The minimum absolute atomic E-state index is 0.0644. The molecule has 12 heteroatoms. The van der Waals surface area contributed by atoms with E-state index in [2.05, 4.69) is 24.5 Å². The molecule has 4 atom stereocenters. The van der Waals surface area contributed by atoms with Gasteiger partial charge in [-0.05, 0) is 68.2 Å². The number of alkyl carbamates (subject to hydrolysis) is 2. The maximum Gasteiger partial charge on any atom is 0.407 e. The second-order valence-corrected chi connectivity index (χ2v) is 13.7. The fraction of sp³-hybridized carbons (Fsp3) is 0.471. The van der Waals surface area contributed by atoms with Crippen LogP contribution in [0.5, 0.6) is 0 Å². The predicted molar refractivity (Wildman–Crippen MR) is 166 cm³/mol. The molecule has 12 nitrogen and oxygen atoms in total. The first-order valence-electron chi connectivity index (χ1n) is 15.5. The topological polar surface area (TPSA) is 151 Å². The highest BCUT2D eigenvalue weighted by Crippen LogP contribution is 2.45. The monoisotopic (exact) mass is 632 g/mol. The third-order valence-electron chi connectivity index (χ3n) is 8.68. The first-order valence-corrected chi connectivity index (χ1v) is 15.5. The zero-order valence-electron chi connectivity index (χ0n) is 26.8. The van der Waals surface area contributed by atoms with Gasteiger partial charge in [0.2, 0.25) is 0 Å². The van der Waals surface area contributed by atoms with Gasteiger partial charge in [0, 0.05) is 12.6 Å². The molecule has 5 rings (SSSR count). The van der Waals surface area contributed by atoms with Crippen molar-refractivity contribution in [3.05, 3.63) is 70.8 Å². The van der Waals surface area contributed by atoms with Crippen LogP contribution < -0.4 is 10.6 Å². The number of fused-ring (bicyclic) bond motifs is 2. The Morgan fingerprint density at radius 1 is 0.739 bits per heavy atom. The van der Waals surface area contributed by atoms with Gasteiger partial charge in [-0.3, -0.25) is 29.0 Å². The molecule has 6 amide bonds.